The van der Waals surface area contributed by atoms with Crippen LogP contribution in [0.3, 0.4) is 0 Å². The van der Waals surface area contributed by atoms with Crippen LogP contribution in [0.2, 0.25) is 0 Å². The number of pyridine rings is 1. The van der Waals surface area contributed by atoms with Crippen molar-refractivity contribution in [3.8, 4) is 11.6 Å². The monoisotopic (exact) mass is 384 g/mol. The van der Waals surface area contributed by atoms with Gasteiger partial charge in [-0.2, -0.15) is 0 Å². The summed E-state index contributed by atoms with van der Waals surface area (Å²) < 4.78 is 7.89. The lowest BCUT2D eigenvalue weighted by Crippen LogP contribution is -2.07. The number of halogens is 2. The van der Waals surface area contributed by atoms with Gasteiger partial charge in [0.15, 0.2) is 0 Å². The number of nitrogens with zero attached hydrogens (tertiary/aromatic N) is 1. The molecule has 0 bridgehead atoms. The van der Waals surface area contributed by atoms with Crippen molar-refractivity contribution >= 4 is 31.9 Å². The molecule has 19 heavy (non-hydrogen) atoms. The van der Waals surface area contributed by atoms with E-state index in [9.17, 15) is 0 Å². The van der Waals surface area contributed by atoms with Gasteiger partial charge in [-0.3, -0.25) is 0 Å². The van der Waals surface area contributed by atoms with Crippen molar-refractivity contribution in [1.29, 1.82) is 0 Å². The topological polar surface area (TPSA) is 34.2 Å². The minimum absolute atomic E-state index is 0.628. The summed E-state index contributed by atoms with van der Waals surface area (Å²) in [6.07, 6.45) is 1.74. The maximum Gasteiger partial charge on any atom is 0.223 e. The number of benzene rings is 1. The molecule has 0 amide bonds. The molecule has 2 aromatic rings. The third kappa shape index (κ3) is 3.78. The van der Waals surface area contributed by atoms with Crippen molar-refractivity contribution < 1.29 is 4.74 Å². The first-order valence-corrected chi connectivity index (χ1v) is 7.42. The van der Waals surface area contributed by atoms with Gasteiger partial charge in [0.05, 0.1) is 0 Å². The zero-order chi connectivity index (χ0) is 13.8. The Kier molecular flexibility index (Phi) is 4.96. The van der Waals surface area contributed by atoms with E-state index in [4.69, 9.17) is 4.74 Å². The van der Waals surface area contributed by atoms with Gasteiger partial charge in [-0.1, -0.05) is 15.9 Å². The number of hydrogen-bond acceptors (Lipinski definition) is 3. The first kappa shape index (κ1) is 14.5. The van der Waals surface area contributed by atoms with E-state index in [0.29, 0.717) is 12.4 Å². The quantitative estimate of drug-likeness (QED) is 0.845. The van der Waals surface area contributed by atoms with E-state index in [1.54, 1.807) is 6.20 Å². The van der Waals surface area contributed by atoms with E-state index in [1.165, 1.54) is 0 Å². The fourth-order valence-corrected chi connectivity index (χ4v) is 2.56. The van der Waals surface area contributed by atoms with Crippen LogP contribution in [-0.2, 0) is 6.54 Å². The zero-order valence-electron chi connectivity index (χ0n) is 10.7. The number of hydrogen-bond donors (Lipinski definition) is 1. The van der Waals surface area contributed by atoms with Crippen LogP contribution in [0.1, 0.15) is 11.1 Å². The van der Waals surface area contributed by atoms with Gasteiger partial charge in [0.25, 0.3) is 0 Å². The largest absolute Gasteiger partial charge is 0.438 e. The van der Waals surface area contributed by atoms with Crippen LogP contribution in [0.15, 0.2) is 39.4 Å². The van der Waals surface area contributed by atoms with Crippen LogP contribution in [0.25, 0.3) is 0 Å². The lowest BCUT2D eigenvalue weighted by atomic mass is 10.2. The van der Waals surface area contributed by atoms with Crippen molar-refractivity contribution in [2.45, 2.75) is 13.5 Å². The molecule has 0 fully saturated rings. The van der Waals surface area contributed by atoms with E-state index in [2.05, 4.69) is 42.2 Å². The first-order chi connectivity index (χ1) is 9.10. The molecule has 0 saturated carbocycles. The lowest BCUT2D eigenvalue weighted by Gasteiger charge is -2.12. The maximum atomic E-state index is 5.91. The molecule has 0 aliphatic heterocycles. The Bertz CT molecular complexity index is 588. The Morgan fingerprint density at radius 1 is 1.21 bits per heavy atom. The molecule has 1 aromatic carbocycles. The van der Waals surface area contributed by atoms with E-state index in [1.807, 2.05) is 38.2 Å². The van der Waals surface area contributed by atoms with Crippen LogP contribution in [0, 0.1) is 6.92 Å². The standard InChI is InChI=1S/C14H14Br2N2O/c1-9-5-11(15)3-4-13(9)19-14-10(7-17-2)6-12(16)8-18-14/h3-6,8,17H,7H2,1-2H3. The molecule has 0 aliphatic rings. The molecule has 0 radical (unpaired) electrons. The van der Waals surface area contributed by atoms with Crippen LogP contribution >= 0.6 is 31.9 Å². The summed E-state index contributed by atoms with van der Waals surface area (Å²) in [5, 5.41) is 3.11. The first-order valence-electron chi connectivity index (χ1n) is 5.83. The molecule has 1 aromatic heterocycles. The molecule has 2 rings (SSSR count). The van der Waals surface area contributed by atoms with Crippen LogP contribution in [0.4, 0.5) is 0 Å². The summed E-state index contributed by atoms with van der Waals surface area (Å²) in [6.45, 7) is 2.72. The molecule has 0 saturated heterocycles. The molecule has 3 nitrogen and oxygen atoms in total. The third-order valence-corrected chi connectivity index (χ3v) is 3.53. The molecule has 5 heteroatoms. The second-order valence-electron chi connectivity index (χ2n) is 4.16. The van der Waals surface area contributed by atoms with E-state index >= 15 is 0 Å². The number of aromatic nitrogens is 1. The van der Waals surface area contributed by atoms with Gasteiger partial charge in [0.1, 0.15) is 5.75 Å². The van der Waals surface area contributed by atoms with Gasteiger partial charge < -0.3 is 10.1 Å². The van der Waals surface area contributed by atoms with Crippen LogP contribution in [0.5, 0.6) is 11.6 Å². The molecule has 0 spiro atoms. The minimum Gasteiger partial charge on any atom is -0.438 e. The van der Waals surface area contributed by atoms with Gasteiger partial charge in [-0.15, -0.1) is 0 Å². The summed E-state index contributed by atoms with van der Waals surface area (Å²) in [6, 6.07) is 7.92. The van der Waals surface area contributed by atoms with Crippen molar-refractivity contribution in [3.63, 3.8) is 0 Å². The summed E-state index contributed by atoms with van der Waals surface area (Å²) in [5.74, 6) is 1.44. The molecule has 0 aliphatic carbocycles. The van der Waals surface area contributed by atoms with Crippen molar-refractivity contribution in [3.05, 3.63) is 50.5 Å². The van der Waals surface area contributed by atoms with Gasteiger partial charge in [-0.05, 0) is 59.7 Å². The van der Waals surface area contributed by atoms with Gasteiger partial charge in [0.2, 0.25) is 5.88 Å². The molecular formula is C14H14Br2N2O. The van der Waals surface area contributed by atoms with Crippen molar-refractivity contribution in [2.24, 2.45) is 0 Å². The van der Waals surface area contributed by atoms with Gasteiger partial charge in [-0.25, -0.2) is 4.98 Å². The normalized spacial score (nSPS) is 10.5. The average molecular weight is 386 g/mol. The van der Waals surface area contributed by atoms with Gasteiger partial charge in [0, 0.05) is 27.3 Å². The second-order valence-corrected chi connectivity index (χ2v) is 5.99. The molecule has 0 unspecified atom stereocenters. The maximum absolute atomic E-state index is 5.91. The smallest absolute Gasteiger partial charge is 0.223 e. The van der Waals surface area contributed by atoms with Crippen LogP contribution < -0.4 is 10.1 Å². The highest BCUT2D eigenvalue weighted by molar-refractivity contribution is 9.10. The summed E-state index contributed by atoms with van der Waals surface area (Å²) >= 11 is 6.87. The van der Waals surface area contributed by atoms with Crippen molar-refractivity contribution in [1.82, 2.24) is 10.3 Å². The highest BCUT2D eigenvalue weighted by atomic mass is 79.9. The fraction of sp³-hybridized carbons (Fsp3) is 0.214. The van der Waals surface area contributed by atoms with Crippen LogP contribution in [-0.4, -0.2) is 12.0 Å². The zero-order valence-corrected chi connectivity index (χ0v) is 13.9. The van der Waals surface area contributed by atoms with E-state index in [0.717, 1.165) is 25.8 Å². The highest BCUT2D eigenvalue weighted by Gasteiger charge is 2.09. The average Bonchev–Trinajstić information content (AvgIpc) is 2.36. The predicted molar refractivity (Wildman–Crippen MR) is 83.7 cm³/mol. The number of ether oxygens (including phenoxy) is 1. The Morgan fingerprint density at radius 2 is 2.00 bits per heavy atom. The third-order valence-electron chi connectivity index (χ3n) is 2.60. The Morgan fingerprint density at radius 3 is 2.68 bits per heavy atom. The molecular weight excluding hydrogens is 372 g/mol. The van der Waals surface area contributed by atoms with Gasteiger partial charge >= 0.3 is 0 Å². The molecule has 1 heterocycles. The molecule has 0 atom stereocenters. The summed E-state index contributed by atoms with van der Waals surface area (Å²) in [7, 11) is 1.90. The minimum atomic E-state index is 0.628. The van der Waals surface area contributed by atoms with Crippen molar-refractivity contribution in [2.75, 3.05) is 7.05 Å². The summed E-state index contributed by atoms with van der Waals surface area (Å²) in [5.41, 5.74) is 2.08. The number of nitrogens with one attached hydrogen (secondary N) is 1. The molecule has 1 N–H and O–H groups in total. The fourth-order valence-electron chi connectivity index (χ4n) is 1.71. The van der Waals surface area contributed by atoms with E-state index in [-0.39, 0.29) is 0 Å². The predicted octanol–water partition coefficient (Wildman–Crippen LogP) is 4.43. The number of aryl methyl sites for hydroxylation is 1. The Balaban J connectivity index is 2.32. The Hall–Kier alpha value is -0.910. The SMILES string of the molecule is CNCc1cc(Br)cnc1Oc1ccc(Br)cc1C. The van der Waals surface area contributed by atoms with E-state index < -0.39 is 0 Å². The lowest BCUT2D eigenvalue weighted by molar-refractivity contribution is 0.450. The second kappa shape index (κ2) is 6.50. The summed E-state index contributed by atoms with van der Waals surface area (Å²) in [4.78, 5) is 4.33. The number of rotatable bonds is 4. The highest BCUT2D eigenvalue weighted by Crippen LogP contribution is 2.29. The molecule has 100 valence electrons. The Labute approximate surface area is 129 Å².